The van der Waals surface area contributed by atoms with Crippen molar-refractivity contribution in [3.8, 4) is 0 Å². The van der Waals surface area contributed by atoms with Gasteiger partial charge in [-0.3, -0.25) is 23.9 Å². The lowest BCUT2D eigenvalue weighted by atomic mass is 10.2. The van der Waals surface area contributed by atoms with Crippen LogP contribution < -0.4 is 11.2 Å². The Bertz CT molecular complexity index is 1060. The number of nitrogens with zero attached hydrogens (tertiary/aromatic N) is 4. The topological polar surface area (TPSA) is 147 Å². The Morgan fingerprint density at radius 1 is 1.26 bits per heavy atom. The summed E-state index contributed by atoms with van der Waals surface area (Å²) in [5, 5.41) is 8.06. The average molecular weight is 435 g/mol. The van der Waals surface area contributed by atoms with E-state index in [0.717, 1.165) is 18.5 Å². The molecular formula is C19H25N5O7. The van der Waals surface area contributed by atoms with Crippen LogP contribution in [0.4, 0.5) is 0 Å². The van der Waals surface area contributed by atoms with Gasteiger partial charge in [0.2, 0.25) is 0 Å². The molecule has 0 aliphatic carbocycles. The second-order valence-electron chi connectivity index (χ2n) is 7.29. The molecule has 3 atom stereocenters. The van der Waals surface area contributed by atoms with Crippen LogP contribution in [-0.4, -0.2) is 55.3 Å². The number of hydrogen-bond acceptors (Lipinski definition) is 9. The van der Waals surface area contributed by atoms with Crippen LogP contribution in [0, 0.1) is 0 Å². The number of carbonyl (C=O) groups excluding carboxylic acids is 2. The van der Waals surface area contributed by atoms with E-state index in [9.17, 15) is 19.2 Å². The van der Waals surface area contributed by atoms with Crippen molar-refractivity contribution in [2.24, 2.45) is 0 Å². The molecule has 31 heavy (non-hydrogen) atoms. The summed E-state index contributed by atoms with van der Waals surface area (Å²) in [7, 11) is 0. The fourth-order valence-corrected chi connectivity index (χ4v) is 3.37. The standard InChI is InChI=1S/C19H25N5O7/c1-4-5-14-9-23(22-21-14)7-13-8-24(19(28)20-18(13)27)17-6-15(30-12(3)26)16(31-17)10-29-11(2)25/h8-9,15-17H,4-7,10H2,1-3H3,(H,20,27,28)/t15-,16+,17+/m0/s1. The highest BCUT2D eigenvalue weighted by molar-refractivity contribution is 5.66. The molecule has 0 bridgehead atoms. The monoisotopic (exact) mass is 435 g/mol. The maximum Gasteiger partial charge on any atom is 0.330 e. The highest BCUT2D eigenvalue weighted by atomic mass is 16.6. The van der Waals surface area contributed by atoms with Crippen LogP contribution in [0.3, 0.4) is 0 Å². The summed E-state index contributed by atoms with van der Waals surface area (Å²) in [6.07, 6.45) is 2.71. The maximum absolute atomic E-state index is 12.4. The molecule has 2 aromatic heterocycles. The zero-order valence-corrected chi connectivity index (χ0v) is 17.6. The van der Waals surface area contributed by atoms with E-state index in [2.05, 4.69) is 15.3 Å². The first-order valence-electron chi connectivity index (χ1n) is 9.96. The molecule has 0 saturated carbocycles. The summed E-state index contributed by atoms with van der Waals surface area (Å²) in [4.78, 5) is 49.6. The Hall–Kier alpha value is -3.28. The number of H-pyrrole nitrogens is 1. The van der Waals surface area contributed by atoms with Gasteiger partial charge in [-0.15, -0.1) is 5.10 Å². The molecule has 168 valence electrons. The van der Waals surface area contributed by atoms with Gasteiger partial charge >= 0.3 is 17.6 Å². The first kappa shape index (κ1) is 22.4. The predicted octanol–water partition coefficient (Wildman–Crippen LogP) is -0.0888. The zero-order valence-electron chi connectivity index (χ0n) is 17.6. The Labute approximate surface area is 177 Å². The minimum atomic E-state index is -0.820. The van der Waals surface area contributed by atoms with Crippen molar-refractivity contribution >= 4 is 11.9 Å². The van der Waals surface area contributed by atoms with Crippen LogP contribution in [0.15, 0.2) is 22.0 Å². The molecule has 0 radical (unpaired) electrons. The number of nitrogens with one attached hydrogen (secondary N) is 1. The second-order valence-corrected chi connectivity index (χ2v) is 7.29. The molecule has 2 aromatic rings. The van der Waals surface area contributed by atoms with Gasteiger partial charge in [0.25, 0.3) is 5.56 Å². The van der Waals surface area contributed by atoms with Crippen LogP contribution in [0.2, 0.25) is 0 Å². The molecule has 1 saturated heterocycles. The van der Waals surface area contributed by atoms with Gasteiger partial charge in [0, 0.05) is 32.7 Å². The molecule has 0 spiro atoms. The minimum absolute atomic E-state index is 0.114. The zero-order chi connectivity index (χ0) is 22.5. The van der Waals surface area contributed by atoms with Crippen molar-refractivity contribution < 1.29 is 23.8 Å². The lowest BCUT2D eigenvalue weighted by molar-refractivity contribution is -0.155. The molecule has 1 fully saturated rings. The van der Waals surface area contributed by atoms with E-state index in [1.165, 1.54) is 29.3 Å². The van der Waals surface area contributed by atoms with Crippen LogP contribution in [-0.2, 0) is 36.8 Å². The molecule has 0 aromatic carbocycles. The summed E-state index contributed by atoms with van der Waals surface area (Å²) in [5.41, 5.74) is -0.119. The van der Waals surface area contributed by atoms with Crippen molar-refractivity contribution in [3.05, 3.63) is 44.5 Å². The molecular weight excluding hydrogens is 410 g/mol. The number of rotatable bonds is 8. The Balaban J connectivity index is 1.83. The Morgan fingerprint density at radius 3 is 2.71 bits per heavy atom. The van der Waals surface area contributed by atoms with Crippen molar-refractivity contribution in [1.82, 2.24) is 24.5 Å². The summed E-state index contributed by atoms with van der Waals surface area (Å²) >= 11 is 0. The third kappa shape index (κ3) is 5.66. The van der Waals surface area contributed by atoms with Gasteiger partial charge in [-0.05, 0) is 6.42 Å². The number of esters is 2. The van der Waals surface area contributed by atoms with E-state index in [1.54, 1.807) is 6.20 Å². The van der Waals surface area contributed by atoms with Crippen molar-refractivity contribution in [2.75, 3.05) is 6.61 Å². The van der Waals surface area contributed by atoms with E-state index >= 15 is 0 Å². The highest BCUT2D eigenvalue weighted by Gasteiger charge is 2.39. The number of ether oxygens (including phenoxy) is 3. The van der Waals surface area contributed by atoms with E-state index in [1.807, 2.05) is 6.92 Å². The van der Waals surface area contributed by atoms with Gasteiger partial charge in [-0.25, -0.2) is 9.48 Å². The van der Waals surface area contributed by atoms with Gasteiger partial charge in [0.1, 0.15) is 25.0 Å². The van der Waals surface area contributed by atoms with Gasteiger partial charge in [-0.2, -0.15) is 0 Å². The van der Waals surface area contributed by atoms with Crippen LogP contribution in [0.5, 0.6) is 0 Å². The molecule has 3 rings (SSSR count). The number of aromatic nitrogens is 5. The first-order valence-corrected chi connectivity index (χ1v) is 9.96. The van der Waals surface area contributed by atoms with E-state index in [-0.39, 0.29) is 25.1 Å². The predicted molar refractivity (Wildman–Crippen MR) is 105 cm³/mol. The summed E-state index contributed by atoms with van der Waals surface area (Å²) in [5.74, 6) is -1.03. The number of hydrogen-bond donors (Lipinski definition) is 1. The van der Waals surface area contributed by atoms with Gasteiger partial charge in [0.15, 0.2) is 0 Å². The quantitative estimate of drug-likeness (QED) is 0.562. The third-order valence-electron chi connectivity index (χ3n) is 4.73. The van der Waals surface area contributed by atoms with Gasteiger partial charge in [0.05, 0.1) is 17.8 Å². The number of carbonyl (C=O) groups is 2. The molecule has 0 unspecified atom stereocenters. The molecule has 12 heteroatoms. The summed E-state index contributed by atoms with van der Waals surface area (Å²) < 4.78 is 18.8. The lowest BCUT2D eigenvalue weighted by Gasteiger charge is -2.17. The maximum atomic E-state index is 12.4. The molecule has 1 aliphatic rings. The van der Waals surface area contributed by atoms with Crippen molar-refractivity contribution in [1.29, 1.82) is 0 Å². The smallest absolute Gasteiger partial charge is 0.330 e. The highest BCUT2D eigenvalue weighted by Crippen LogP contribution is 2.30. The number of aromatic amines is 1. The average Bonchev–Trinajstić information content (AvgIpc) is 3.29. The van der Waals surface area contributed by atoms with Crippen LogP contribution in [0.1, 0.15) is 51.1 Å². The van der Waals surface area contributed by atoms with E-state index in [4.69, 9.17) is 14.2 Å². The van der Waals surface area contributed by atoms with E-state index in [0.29, 0.717) is 0 Å². The minimum Gasteiger partial charge on any atom is -0.463 e. The second kappa shape index (κ2) is 9.69. The Morgan fingerprint density at radius 2 is 2.03 bits per heavy atom. The fraction of sp³-hybridized carbons (Fsp3) is 0.579. The van der Waals surface area contributed by atoms with Gasteiger partial charge in [-0.1, -0.05) is 18.6 Å². The number of aryl methyl sites for hydroxylation is 1. The molecule has 3 heterocycles. The van der Waals surface area contributed by atoms with Crippen LogP contribution in [0.25, 0.3) is 0 Å². The SMILES string of the molecule is CCCc1cn(Cc2cn([C@H]3C[C@H](OC(C)=O)[C@@H](COC(C)=O)O3)c(=O)[nH]c2=O)nn1. The van der Waals surface area contributed by atoms with Crippen LogP contribution >= 0.6 is 0 Å². The van der Waals surface area contributed by atoms with Crippen molar-refractivity contribution in [2.45, 2.75) is 65.0 Å². The molecule has 0 amide bonds. The molecule has 12 nitrogen and oxygen atoms in total. The molecule has 1 aliphatic heterocycles. The third-order valence-corrected chi connectivity index (χ3v) is 4.73. The fourth-order valence-electron chi connectivity index (χ4n) is 3.37. The van der Waals surface area contributed by atoms with Gasteiger partial charge < -0.3 is 14.2 Å². The van der Waals surface area contributed by atoms with E-state index < -0.39 is 41.6 Å². The first-order chi connectivity index (χ1) is 14.8. The van der Waals surface area contributed by atoms with Crippen molar-refractivity contribution in [3.63, 3.8) is 0 Å². The molecule has 1 N–H and O–H groups in total. The largest absolute Gasteiger partial charge is 0.463 e. The summed E-state index contributed by atoms with van der Waals surface area (Å²) in [6, 6.07) is 0. The summed E-state index contributed by atoms with van der Waals surface area (Å²) in [6.45, 7) is 4.52. The lowest BCUT2D eigenvalue weighted by Crippen LogP contribution is -2.35. The Kier molecular flexibility index (Phi) is 7.00. The normalized spacial score (nSPS) is 20.5.